The minimum atomic E-state index is 0.0778. The zero-order valence-electron chi connectivity index (χ0n) is 9.57. The predicted molar refractivity (Wildman–Crippen MR) is 67.0 cm³/mol. The van der Waals surface area contributed by atoms with E-state index in [1.807, 2.05) is 0 Å². The number of aromatic nitrogens is 1. The second-order valence-corrected chi connectivity index (χ2v) is 4.93. The van der Waals surface area contributed by atoms with Crippen molar-refractivity contribution >= 4 is 17.1 Å². The molecule has 1 aromatic heterocycles. The standard InChI is InChI=1S/C13H13NOS/c1-8-4-5-9(2)11(6-8)13-14-7-12(16-13)10(3)15/h4-7H,1-3H3. The van der Waals surface area contributed by atoms with Crippen LogP contribution >= 0.6 is 11.3 Å². The number of thiazole rings is 1. The molecule has 0 unspecified atom stereocenters. The van der Waals surface area contributed by atoms with Gasteiger partial charge in [0.25, 0.3) is 0 Å². The molecule has 0 radical (unpaired) electrons. The number of nitrogens with zero attached hydrogens (tertiary/aromatic N) is 1. The van der Waals surface area contributed by atoms with Crippen LogP contribution in [0.15, 0.2) is 24.4 Å². The quantitative estimate of drug-likeness (QED) is 0.739. The highest BCUT2D eigenvalue weighted by atomic mass is 32.1. The summed E-state index contributed by atoms with van der Waals surface area (Å²) in [6.45, 7) is 5.69. The summed E-state index contributed by atoms with van der Waals surface area (Å²) in [6, 6.07) is 6.27. The summed E-state index contributed by atoms with van der Waals surface area (Å²) in [4.78, 5) is 16.2. The predicted octanol–water partition coefficient (Wildman–Crippen LogP) is 3.63. The molecule has 0 aliphatic rings. The fraction of sp³-hybridized carbons (Fsp3) is 0.231. The summed E-state index contributed by atoms with van der Waals surface area (Å²) in [5.74, 6) is 0.0778. The maximum Gasteiger partial charge on any atom is 0.171 e. The van der Waals surface area contributed by atoms with Crippen LogP contribution in [-0.4, -0.2) is 10.8 Å². The number of carbonyl (C=O) groups excluding carboxylic acids is 1. The molecule has 0 bridgehead atoms. The summed E-state index contributed by atoms with van der Waals surface area (Å²) in [6.07, 6.45) is 1.66. The highest BCUT2D eigenvalue weighted by Crippen LogP contribution is 2.28. The van der Waals surface area contributed by atoms with Gasteiger partial charge in [0.15, 0.2) is 5.78 Å². The van der Waals surface area contributed by atoms with Gasteiger partial charge in [-0.15, -0.1) is 11.3 Å². The lowest BCUT2D eigenvalue weighted by atomic mass is 10.1. The smallest absolute Gasteiger partial charge is 0.171 e. The average Bonchev–Trinajstić information content (AvgIpc) is 2.70. The Morgan fingerprint density at radius 3 is 2.69 bits per heavy atom. The zero-order valence-corrected chi connectivity index (χ0v) is 10.4. The molecule has 0 amide bonds. The van der Waals surface area contributed by atoms with Gasteiger partial charge < -0.3 is 0 Å². The van der Waals surface area contributed by atoms with Crippen molar-refractivity contribution in [2.75, 3.05) is 0 Å². The number of benzene rings is 1. The van der Waals surface area contributed by atoms with Gasteiger partial charge in [-0.05, 0) is 25.5 Å². The Morgan fingerprint density at radius 1 is 1.31 bits per heavy atom. The van der Waals surface area contributed by atoms with Crippen LogP contribution < -0.4 is 0 Å². The van der Waals surface area contributed by atoms with Crippen LogP contribution in [0.4, 0.5) is 0 Å². The Kier molecular flexibility index (Phi) is 2.88. The van der Waals surface area contributed by atoms with E-state index in [1.165, 1.54) is 22.5 Å². The Labute approximate surface area is 99.0 Å². The molecule has 0 N–H and O–H groups in total. The Bertz CT molecular complexity index is 543. The normalized spacial score (nSPS) is 10.4. The van der Waals surface area contributed by atoms with E-state index in [0.717, 1.165) is 15.4 Å². The molecule has 0 saturated heterocycles. The Hall–Kier alpha value is -1.48. The molecule has 1 aromatic carbocycles. The number of rotatable bonds is 2. The minimum Gasteiger partial charge on any atom is -0.294 e. The molecule has 2 rings (SSSR count). The third-order valence-corrected chi connectivity index (χ3v) is 3.61. The van der Waals surface area contributed by atoms with Crippen LogP contribution in [0, 0.1) is 13.8 Å². The van der Waals surface area contributed by atoms with Crippen LogP contribution in [0.2, 0.25) is 0 Å². The number of aryl methyl sites for hydroxylation is 2. The SMILES string of the molecule is CC(=O)c1cnc(-c2cc(C)ccc2C)s1. The van der Waals surface area contributed by atoms with E-state index in [1.54, 1.807) is 13.1 Å². The number of ketones is 1. The molecule has 82 valence electrons. The van der Waals surface area contributed by atoms with Gasteiger partial charge in [-0.1, -0.05) is 17.7 Å². The summed E-state index contributed by atoms with van der Waals surface area (Å²) in [5.41, 5.74) is 3.52. The molecule has 0 aliphatic heterocycles. The molecule has 0 aliphatic carbocycles. The lowest BCUT2D eigenvalue weighted by molar-refractivity contribution is 0.102. The lowest BCUT2D eigenvalue weighted by Gasteiger charge is -2.02. The zero-order chi connectivity index (χ0) is 11.7. The van der Waals surface area contributed by atoms with Crippen molar-refractivity contribution in [2.45, 2.75) is 20.8 Å². The van der Waals surface area contributed by atoms with Crippen LogP contribution in [0.25, 0.3) is 10.6 Å². The first-order chi connectivity index (χ1) is 7.58. The van der Waals surface area contributed by atoms with Gasteiger partial charge in [0.1, 0.15) is 5.01 Å². The fourth-order valence-corrected chi connectivity index (χ4v) is 2.42. The van der Waals surface area contributed by atoms with Crippen molar-refractivity contribution in [3.63, 3.8) is 0 Å². The number of carbonyl (C=O) groups is 1. The summed E-state index contributed by atoms with van der Waals surface area (Å²) >= 11 is 1.46. The number of Topliss-reactive ketones (excluding diaryl/α,β-unsaturated/α-hetero) is 1. The highest BCUT2D eigenvalue weighted by molar-refractivity contribution is 7.16. The Morgan fingerprint density at radius 2 is 2.06 bits per heavy atom. The third kappa shape index (κ3) is 2.04. The molecule has 0 atom stereocenters. The molecular formula is C13H13NOS. The van der Waals surface area contributed by atoms with E-state index in [9.17, 15) is 4.79 Å². The van der Waals surface area contributed by atoms with E-state index in [-0.39, 0.29) is 5.78 Å². The van der Waals surface area contributed by atoms with Crippen molar-refractivity contribution in [3.05, 3.63) is 40.4 Å². The summed E-state index contributed by atoms with van der Waals surface area (Å²) in [7, 11) is 0. The van der Waals surface area contributed by atoms with Crippen molar-refractivity contribution < 1.29 is 4.79 Å². The first-order valence-electron chi connectivity index (χ1n) is 5.12. The van der Waals surface area contributed by atoms with Crippen LogP contribution in [0.5, 0.6) is 0 Å². The van der Waals surface area contributed by atoms with E-state index in [4.69, 9.17) is 0 Å². The van der Waals surface area contributed by atoms with E-state index in [0.29, 0.717) is 0 Å². The van der Waals surface area contributed by atoms with Crippen molar-refractivity contribution in [2.24, 2.45) is 0 Å². The molecule has 0 fully saturated rings. The van der Waals surface area contributed by atoms with Gasteiger partial charge >= 0.3 is 0 Å². The van der Waals surface area contributed by atoms with Crippen LogP contribution in [0.1, 0.15) is 27.7 Å². The topological polar surface area (TPSA) is 30.0 Å². The van der Waals surface area contributed by atoms with E-state index < -0.39 is 0 Å². The van der Waals surface area contributed by atoms with Crippen molar-refractivity contribution in [1.82, 2.24) is 4.98 Å². The summed E-state index contributed by atoms with van der Waals surface area (Å²) < 4.78 is 0. The first-order valence-corrected chi connectivity index (χ1v) is 5.94. The monoisotopic (exact) mass is 231 g/mol. The lowest BCUT2D eigenvalue weighted by Crippen LogP contribution is -1.84. The van der Waals surface area contributed by atoms with Gasteiger partial charge in [0, 0.05) is 18.7 Å². The second-order valence-electron chi connectivity index (χ2n) is 3.90. The van der Waals surface area contributed by atoms with Crippen molar-refractivity contribution in [3.8, 4) is 10.6 Å². The molecular weight excluding hydrogens is 218 g/mol. The molecule has 2 nitrogen and oxygen atoms in total. The first kappa shape index (κ1) is 11.0. The van der Waals surface area contributed by atoms with E-state index in [2.05, 4.69) is 37.0 Å². The largest absolute Gasteiger partial charge is 0.294 e. The fourth-order valence-electron chi connectivity index (χ4n) is 1.53. The second kappa shape index (κ2) is 4.18. The third-order valence-electron chi connectivity index (χ3n) is 2.48. The molecule has 16 heavy (non-hydrogen) atoms. The molecule has 0 spiro atoms. The maximum absolute atomic E-state index is 11.2. The van der Waals surface area contributed by atoms with Gasteiger partial charge in [0.2, 0.25) is 0 Å². The molecule has 0 saturated carbocycles. The Balaban J connectivity index is 2.50. The molecule has 1 heterocycles. The number of hydrogen-bond acceptors (Lipinski definition) is 3. The summed E-state index contributed by atoms with van der Waals surface area (Å²) in [5, 5.41) is 0.923. The average molecular weight is 231 g/mol. The van der Waals surface area contributed by atoms with Gasteiger partial charge in [-0.2, -0.15) is 0 Å². The van der Waals surface area contributed by atoms with Gasteiger partial charge in [-0.25, -0.2) is 4.98 Å². The van der Waals surface area contributed by atoms with Crippen LogP contribution in [-0.2, 0) is 0 Å². The molecule has 3 heteroatoms. The van der Waals surface area contributed by atoms with E-state index >= 15 is 0 Å². The van der Waals surface area contributed by atoms with Crippen molar-refractivity contribution in [1.29, 1.82) is 0 Å². The van der Waals surface area contributed by atoms with Gasteiger partial charge in [-0.3, -0.25) is 4.79 Å². The van der Waals surface area contributed by atoms with Gasteiger partial charge in [0.05, 0.1) is 4.88 Å². The minimum absolute atomic E-state index is 0.0778. The number of hydrogen-bond donors (Lipinski definition) is 0. The maximum atomic E-state index is 11.2. The molecule has 2 aromatic rings. The highest BCUT2D eigenvalue weighted by Gasteiger charge is 2.09. The van der Waals surface area contributed by atoms with Crippen LogP contribution in [0.3, 0.4) is 0 Å².